The Morgan fingerprint density at radius 3 is 2.07 bits per heavy atom. The highest BCUT2D eigenvalue weighted by molar-refractivity contribution is 6.06. The summed E-state index contributed by atoms with van der Waals surface area (Å²) in [5.74, 6) is -2.15. The normalized spacial score (nSPS) is 11.5. The number of halogens is 3. The topological polar surface area (TPSA) is 94.7 Å². The maximum absolute atomic E-state index is 12.8. The predicted octanol–water partition coefficient (Wildman–Crippen LogP) is 7.25. The fraction of sp³-hybridized carbons (Fsp3) is 0.290. The zero-order valence-electron chi connectivity index (χ0n) is 23.3. The number of carboxylic acid groups (broad SMARTS) is 1. The molecule has 4 aromatic rings. The lowest BCUT2D eigenvalue weighted by Crippen LogP contribution is -2.36. The number of carboxylic acids is 1. The van der Waals surface area contributed by atoms with Crippen molar-refractivity contribution in [3.8, 4) is 5.75 Å². The molecule has 3 aromatic carbocycles. The van der Waals surface area contributed by atoms with Gasteiger partial charge in [0.05, 0.1) is 0 Å². The number of aromatic amines is 1. The second-order valence-corrected chi connectivity index (χ2v) is 10.0. The van der Waals surface area contributed by atoms with Crippen molar-refractivity contribution in [2.45, 2.75) is 59.1 Å². The van der Waals surface area contributed by atoms with E-state index in [0.29, 0.717) is 24.4 Å². The van der Waals surface area contributed by atoms with Gasteiger partial charge in [-0.3, -0.25) is 9.69 Å². The average molecular weight is 570 g/mol. The summed E-state index contributed by atoms with van der Waals surface area (Å²) in [6, 6.07) is 26.8. The first-order valence-corrected chi connectivity index (χ1v) is 13.1. The monoisotopic (exact) mass is 569 g/mol. The number of aliphatic carboxylic acids is 1. The first-order valence-electron chi connectivity index (χ1n) is 13.1. The fourth-order valence-corrected chi connectivity index (χ4v) is 4.13. The first kappa shape index (κ1) is 31.2. The molecule has 0 aliphatic rings. The van der Waals surface area contributed by atoms with E-state index in [1.165, 1.54) is 5.56 Å². The minimum absolute atomic E-state index is 0.165. The largest absolute Gasteiger partial charge is 0.490 e. The minimum atomic E-state index is -5.08. The molecule has 0 saturated carbocycles. The number of aromatic nitrogens is 1. The van der Waals surface area contributed by atoms with Gasteiger partial charge in [-0.25, -0.2) is 4.79 Å². The second-order valence-electron chi connectivity index (χ2n) is 10.0. The molecule has 41 heavy (non-hydrogen) atoms. The van der Waals surface area contributed by atoms with E-state index in [2.05, 4.69) is 55.0 Å². The van der Waals surface area contributed by atoms with Gasteiger partial charge in [0.1, 0.15) is 18.1 Å². The number of carbonyl (C=O) groups is 2. The zero-order valence-corrected chi connectivity index (χ0v) is 23.3. The predicted molar refractivity (Wildman–Crippen MR) is 153 cm³/mol. The number of hydrogen-bond donors (Lipinski definition) is 3. The summed E-state index contributed by atoms with van der Waals surface area (Å²) < 4.78 is 37.7. The van der Waals surface area contributed by atoms with Gasteiger partial charge in [0.25, 0.3) is 5.91 Å². The summed E-state index contributed by atoms with van der Waals surface area (Å²) in [7, 11) is 0. The van der Waals surface area contributed by atoms with Gasteiger partial charge in [0, 0.05) is 35.2 Å². The van der Waals surface area contributed by atoms with Crippen LogP contribution in [0.1, 0.15) is 49.3 Å². The van der Waals surface area contributed by atoms with Crippen LogP contribution < -0.4 is 10.1 Å². The maximum Gasteiger partial charge on any atom is 0.490 e. The van der Waals surface area contributed by atoms with Crippen molar-refractivity contribution in [1.29, 1.82) is 0 Å². The van der Waals surface area contributed by atoms with Crippen LogP contribution in [0.25, 0.3) is 10.9 Å². The van der Waals surface area contributed by atoms with Crippen LogP contribution in [-0.4, -0.2) is 45.1 Å². The van der Waals surface area contributed by atoms with E-state index in [1.807, 2.05) is 66.7 Å². The number of nitrogens with zero attached hydrogens (tertiary/aromatic N) is 1. The summed E-state index contributed by atoms with van der Waals surface area (Å²) in [6.45, 7) is 10.3. The lowest BCUT2D eigenvalue weighted by atomic mass is 10.1. The molecule has 4 rings (SSSR count). The SMILES string of the molecule is CC(C)N(Cc1ccc(NC(=O)c2cc3cc(OCc4ccccc4)ccc3[nH]2)cc1)C(C)C.O=C(O)C(F)(F)F. The standard InChI is InChI=1S/C29H33N3O2.C2HF3O2/c1-20(2)32(21(3)4)18-22-10-12-25(13-11-22)30-29(33)28-17-24-16-26(14-15-27(24)31-28)34-19-23-8-6-5-7-9-23;3-2(4,5)1(6)7/h5-17,20-21,31H,18-19H2,1-4H3,(H,30,33);(H,6,7). The molecule has 1 amide bonds. The van der Waals surface area contributed by atoms with Crippen LogP contribution in [0, 0.1) is 0 Å². The van der Waals surface area contributed by atoms with Crippen LogP contribution in [0.5, 0.6) is 5.75 Å². The van der Waals surface area contributed by atoms with Crippen LogP contribution in [0.4, 0.5) is 18.9 Å². The van der Waals surface area contributed by atoms with Gasteiger partial charge in [-0.2, -0.15) is 13.2 Å². The van der Waals surface area contributed by atoms with Gasteiger partial charge in [0.15, 0.2) is 0 Å². The number of amides is 1. The van der Waals surface area contributed by atoms with Crippen molar-refractivity contribution >= 4 is 28.5 Å². The molecule has 0 bridgehead atoms. The number of benzene rings is 3. The first-order chi connectivity index (χ1) is 19.3. The van der Waals surface area contributed by atoms with Gasteiger partial charge in [-0.05, 0) is 75.2 Å². The van der Waals surface area contributed by atoms with E-state index in [1.54, 1.807) is 0 Å². The van der Waals surface area contributed by atoms with Crippen LogP contribution in [-0.2, 0) is 17.9 Å². The van der Waals surface area contributed by atoms with Crippen LogP contribution in [0.2, 0.25) is 0 Å². The Balaban J connectivity index is 0.000000587. The van der Waals surface area contributed by atoms with Crippen molar-refractivity contribution < 1.29 is 32.6 Å². The minimum Gasteiger partial charge on any atom is -0.489 e. The lowest BCUT2D eigenvalue weighted by Gasteiger charge is -2.30. The van der Waals surface area contributed by atoms with E-state index >= 15 is 0 Å². The molecule has 0 fully saturated rings. The number of fused-ring (bicyclic) bond motifs is 1. The van der Waals surface area contributed by atoms with Crippen molar-refractivity contribution in [2.75, 3.05) is 5.32 Å². The Bertz CT molecular complexity index is 1420. The number of anilines is 1. The number of rotatable bonds is 9. The second kappa shape index (κ2) is 13.8. The Kier molecular flexibility index (Phi) is 10.5. The molecule has 1 aromatic heterocycles. The number of ether oxygens (including phenoxy) is 1. The highest BCUT2D eigenvalue weighted by Gasteiger charge is 2.38. The number of H-pyrrole nitrogens is 1. The molecule has 0 radical (unpaired) electrons. The zero-order chi connectivity index (χ0) is 30.2. The quantitative estimate of drug-likeness (QED) is 0.197. The van der Waals surface area contributed by atoms with Gasteiger partial charge in [-0.1, -0.05) is 42.5 Å². The lowest BCUT2D eigenvalue weighted by molar-refractivity contribution is -0.192. The molecule has 1 heterocycles. The van der Waals surface area contributed by atoms with Crippen molar-refractivity contribution in [3.05, 3.63) is 95.7 Å². The van der Waals surface area contributed by atoms with E-state index in [-0.39, 0.29) is 5.91 Å². The molecule has 0 saturated heterocycles. The highest BCUT2D eigenvalue weighted by atomic mass is 19.4. The Hall–Kier alpha value is -4.31. The van der Waals surface area contributed by atoms with E-state index in [9.17, 15) is 18.0 Å². The molecular weight excluding hydrogens is 535 g/mol. The molecular formula is C31H34F3N3O4. The molecule has 218 valence electrons. The smallest absolute Gasteiger partial charge is 0.489 e. The average Bonchev–Trinajstić information content (AvgIpc) is 3.35. The van der Waals surface area contributed by atoms with Gasteiger partial charge in [-0.15, -0.1) is 0 Å². The fourth-order valence-electron chi connectivity index (χ4n) is 4.13. The third-order valence-corrected chi connectivity index (χ3v) is 6.23. The van der Waals surface area contributed by atoms with Crippen LogP contribution in [0.3, 0.4) is 0 Å². The molecule has 0 aliphatic heterocycles. The molecule has 0 spiro atoms. The molecule has 10 heteroatoms. The van der Waals surface area contributed by atoms with E-state index < -0.39 is 12.1 Å². The number of nitrogens with one attached hydrogen (secondary N) is 2. The Morgan fingerprint density at radius 2 is 1.51 bits per heavy atom. The summed E-state index contributed by atoms with van der Waals surface area (Å²) in [6.07, 6.45) is -5.08. The Labute approximate surface area is 236 Å². The van der Waals surface area contributed by atoms with E-state index in [0.717, 1.165) is 34.4 Å². The van der Waals surface area contributed by atoms with Gasteiger partial charge in [0.2, 0.25) is 0 Å². The Morgan fingerprint density at radius 1 is 0.902 bits per heavy atom. The summed E-state index contributed by atoms with van der Waals surface area (Å²) in [5.41, 5.74) is 4.54. The third kappa shape index (κ3) is 9.39. The van der Waals surface area contributed by atoms with Gasteiger partial charge < -0.3 is 20.1 Å². The number of alkyl halides is 3. The molecule has 0 atom stereocenters. The van der Waals surface area contributed by atoms with E-state index in [4.69, 9.17) is 14.6 Å². The highest BCUT2D eigenvalue weighted by Crippen LogP contribution is 2.23. The van der Waals surface area contributed by atoms with Crippen molar-refractivity contribution in [3.63, 3.8) is 0 Å². The van der Waals surface area contributed by atoms with Crippen molar-refractivity contribution in [2.24, 2.45) is 0 Å². The maximum atomic E-state index is 12.8. The molecule has 7 nitrogen and oxygen atoms in total. The van der Waals surface area contributed by atoms with Crippen LogP contribution >= 0.6 is 0 Å². The number of hydrogen-bond acceptors (Lipinski definition) is 4. The van der Waals surface area contributed by atoms with Crippen LogP contribution in [0.15, 0.2) is 78.9 Å². The molecule has 0 aliphatic carbocycles. The van der Waals surface area contributed by atoms with Gasteiger partial charge >= 0.3 is 12.1 Å². The number of carbonyl (C=O) groups excluding carboxylic acids is 1. The summed E-state index contributed by atoms with van der Waals surface area (Å²) in [5, 5.41) is 11.1. The molecule has 3 N–H and O–H groups in total. The van der Waals surface area contributed by atoms with Crippen molar-refractivity contribution in [1.82, 2.24) is 9.88 Å². The molecule has 0 unspecified atom stereocenters. The summed E-state index contributed by atoms with van der Waals surface area (Å²) >= 11 is 0. The summed E-state index contributed by atoms with van der Waals surface area (Å²) in [4.78, 5) is 27.4. The third-order valence-electron chi connectivity index (χ3n) is 6.23.